The molecule has 0 atom stereocenters. The molecule has 6 aromatic carbocycles. The van der Waals surface area contributed by atoms with Crippen LogP contribution in [0.25, 0.3) is 0 Å². The Balaban J connectivity index is 0.000000377. The fourth-order valence-electron chi connectivity index (χ4n) is 5.62. The first-order valence-corrected chi connectivity index (χ1v) is 25.9. The van der Waals surface area contributed by atoms with Gasteiger partial charge in [0.1, 0.15) is 0 Å². The second-order valence-corrected chi connectivity index (χ2v) is 26.4. The van der Waals surface area contributed by atoms with E-state index in [1.54, 1.807) is 0 Å². The van der Waals surface area contributed by atoms with Gasteiger partial charge in [-0.15, -0.1) is 24.7 Å². The van der Waals surface area contributed by atoms with Gasteiger partial charge in [-0.3, -0.25) is 0 Å². The van der Waals surface area contributed by atoms with Crippen LogP contribution in [0.3, 0.4) is 0 Å². The Morgan fingerprint density at radius 3 is 0.647 bits per heavy atom. The summed E-state index contributed by atoms with van der Waals surface area (Å²) in [5, 5.41) is 18.7. The molecule has 360 valence electrons. The SMILES string of the molecule is C=C(C)[O-].C=C(C)[O-].C[Si](C)=[Hf+2].Fc1c(F)c(F)c(B(c2cc[cH-]c2)c2c(F)c(F)c(F)c(F)c2F)c(F)c1F.Fc1c(F)c(F)c(B(c2cc[cH-]c2)c2c(F)c(F)c(F)c(F)c2F)c(F)c1F. The molecule has 0 fully saturated rings. The molecule has 26 heteroatoms. The standard InChI is InChI=1S/2C17H4BF10.2C3H6O.C2H6Si.Hf/c2*19-8-6(9(20)13(24)16(27)12(8)23)18(5-3-1-2-4-5)7-10(21)14(25)17(28)15(26)11(7)22;2*1-3(2)4;1-3-2;/h2*1-4H;2*4H,1H2,2H3;1-2H3;/q2*-1;;;;+2/p-2. The normalized spacial score (nSPS) is 10.4. The van der Waals surface area contributed by atoms with E-state index in [9.17, 15) is 98.0 Å². The average molecular weight is 1170 g/mol. The van der Waals surface area contributed by atoms with Crippen molar-refractivity contribution in [3.05, 3.63) is 190 Å². The quantitative estimate of drug-likeness (QED) is 0.0444. The third kappa shape index (κ3) is 13.0. The Kier molecular flexibility index (Phi) is 21.3. The van der Waals surface area contributed by atoms with Crippen molar-refractivity contribution in [1.82, 2.24) is 0 Å². The van der Waals surface area contributed by atoms with Crippen molar-refractivity contribution < 1.29 is 121 Å². The van der Waals surface area contributed by atoms with Crippen LogP contribution < -0.4 is 43.0 Å². The smallest absolute Gasteiger partial charge is 0.200 e. The van der Waals surface area contributed by atoms with E-state index in [0.717, 1.165) is 24.3 Å². The molecule has 0 N–H and O–H groups in total. The third-order valence-corrected chi connectivity index (χ3v) is 8.17. The van der Waals surface area contributed by atoms with Gasteiger partial charge in [-0.2, -0.15) is 36.4 Å². The monoisotopic (exact) mass is 1170 g/mol. The summed E-state index contributed by atoms with van der Waals surface area (Å²) >= 11 is 1.45. The van der Waals surface area contributed by atoms with Gasteiger partial charge in [0.05, 0.1) is 0 Å². The van der Waals surface area contributed by atoms with Crippen LogP contribution >= 0.6 is 0 Å². The Labute approximate surface area is 387 Å². The van der Waals surface area contributed by atoms with Crippen LogP contribution in [0.4, 0.5) is 87.8 Å². The summed E-state index contributed by atoms with van der Waals surface area (Å²) in [5.41, 5.74) is -7.71. The van der Waals surface area contributed by atoms with Gasteiger partial charge < -0.3 is 10.2 Å². The van der Waals surface area contributed by atoms with Crippen LogP contribution in [0.5, 0.6) is 0 Å². The Morgan fingerprint density at radius 1 is 0.397 bits per heavy atom. The maximum Gasteiger partial charge on any atom is 0.200 e. The zero-order chi connectivity index (χ0) is 52.6. The van der Waals surface area contributed by atoms with Gasteiger partial charge in [0.2, 0.25) is 0 Å². The van der Waals surface area contributed by atoms with Crippen LogP contribution in [-0.2, 0) is 23.0 Å². The molecule has 0 radical (unpaired) electrons. The van der Waals surface area contributed by atoms with Crippen LogP contribution in [-0.4, -0.2) is 18.9 Å². The minimum absolute atomic E-state index is 0.0833. The summed E-state index contributed by atoms with van der Waals surface area (Å²) in [7, 11) is 0. The minimum atomic E-state index is -2.54. The van der Waals surface area contributed by atoms with Crippen LogP contribution in [0.1, 0.15) is 13.8 Å². The molecular formula is C42H24B2F20HfO2Si-2. The Bertz CT molecular complexity index is 2370. The van der Waals surface area contributed by atoms with Gasteiger partial charge in [-0.25, -0.2) is 111 Å². The Morgan fingerprint density at radius 2 is 0.529 bits per heavy atom. The number of halogens is 20. The summed E-state index contributed by atoms with van der Waals surface area (Å²) in [6.07, 6.45) is 0. The largest absolute Gasteiger partial charge is 0.216 e. The number of hydrogen-bond acceptors (Lipinski definition) is 2. The predicted molar refractivity (Wildman–Crippen MR) is 205 cm³/mol. The molecule has 0 aliphatic rings. The van der Waals surface area contributed by atoms with Crippen LogP contribution in [0, 0.1) is 116 Å². The molecular weight excluding hydrogens is 1140 g/mol. The fourth-order valence-corrected chi connectivity index (χ4v) is 5.62. The number of hydrogen-bond donors (Lipinski definition) is 0. The van der Waals surface area contributed by atoms with E-state index in [1.807, 2.05) is 0 Å². The molecule has 0 saturated heterocycles. The van der Waals surface area contributed by atoms with Crippen molar-refractivity contribution in [2.45, 2.75) is 26.9 Å². The molecule has 0 unspecified atom stereocenters. The van der Waals surface area contributed by atoms with Crippen molar-refractivity contribution >= 4 is 51.7 Å². The van der Waals surface area contributed by atoms with E-state index < -0.39 is 163 Å². The van der Waals surface area contributed by atoms with Crippen LogP contribution in [0.15, 0.2) is 73.2 Å². The van der Waals surface area contributed by atoms with Gasteiger partial charge >= 0.3 is 41.6 Å². The molecule has 6 rings (SSSR count). The van der Waals surface area contributed by atoms with Crippen molar-refractivity contribution in [2.75, 3.05) is 0 Å². The second kappa shape index (κ2) is 24.7. The molecule has 0 saturated carbocycles. The number of benzene rings is 4. The van der Waals surface area contributed by atoms with Gasteiger partial charge in [0.15, 0.2) is 130 Å². The van der Waals surface area contributed by atoms with Crippen LogP contribution in [0.2, 0.25) is 13.1 Å². The van der Waals surface area contributed by atoms with Crippen molar-refractivity contribution in [1.29, 1.82) is 0 Å². The molecule has 68 heavy (non-hydrogen) atoms. The van der Waals surface area contributed by atoms with Gasteiger partial charge in [0.25, 0.3) is 0 Å². The molecule has 6 aromatic rings. The molecule has 0 spiro atoms. The van der Waals surface area contributed by atoms with Gasteiger partial charge in [0, 0.05) is 0 Å². The molecule has 0 aromatic heterocycles. The molecule has 2 nitrogen and oxygen atoms in total. The molecule has 0 heterocycles. The molecule has 0 aliphatic carbocycles. The van der Waals surface area contributed by atoms with E-state index in [1.165, 1.54) is 61.1 Å². The maximum atomic E-state index is 14.2. The maximum absolute atomic E-state index is 14.2. The zero-order valence-electron chi connectivity index (χ0n) is 34.6. The summed E-state index contributed by atoms with van der Waals surface area (Å²) < 4.78 is 276. The van der Waals surface area contributed by atoms with Crippen molar-refractivity contribution in [3.8, 4) is 0 Å². The first-order valence-electron chi connectivity index (χ1n) is 18.0. The topological polar surface area (TPSA) is 46.1 Å². The summed E-state index contributed by atoms with van der Waals surface area (Å²) in [6, 6.07) is 8.50. The molecule has 0 amide bonds. The summed E-state index contributed by atoms with van der Waals surface area (Å²) in [6.45, 7) is 8.47. The predicted octanol–water partition coefficient (Wildman–Crippen LogP) is 7.17. The first-order chi connectivity index (χ1) is 31.4. The van der Waals surface area contributed by atoms with E-state index in [4.69, 9.17) is 0 Å². The zero-order valence-corrected chi connectivity index (χ0v) is 39.2. The average Bonchev–Trinajstić information content (AvgIpc) is 4.01. The second-order valence-electron chi connectivity index (χ2n) is 13.6. The fraction of sp³-hybridized carbons (Fsp3) is 0.0952. The third-order valence-electron chi connectivity index (χ3n) is 8.17. The number of allylic oxidation sites excluding steroid dienone is 2. The summed E-state index contributed by atoms with van der Waals surface area (Å²) in [5.74, 6) is -49.6. The van der Waals surface area contributed by atoms with Gasteiger partial charge in [-0.1, -0.05) is 13.8 Å². The summed E-state index contributed by atoms with van der Waals surface area (Å²) in [4.78, 5) is 0. The Hall–Kier alpha value is -5.52. The molecule has 0 bridgehead atoms. The molecule has 0 aliphatic heterocycles. The van der Waals surface area contributed by atoms with E-state index in [-0.39, 0.29) is 17.0 Å². The van der Waals surface area contributed by atoms with E-state index >= 15 is 0 Å². The van der Waals surface area contributed by atoms with Crippen molar-refractivity contribution in [3.63, 3.8) is 0 Å². The first kappa shape index (κ1) is 58.6. The van der Waals surface area contributed by atoms with Gasteiger partial charge in [-0.05, 0) is 21.9 Å². The minimum Gasteiger partial charge on any atom is -0.216 e. The van der Waals surface area contributed by atoms with E-state index in [2.05, 4.69) is 26.3 Å². The number of rotatable bonds is 6. The van der Waals surface area contributed by atoms with Crippen molar-refractivity contribution in [2.24, 2.45) is 0 Å². The van der Waals surface area contributed by atoms with E-state index in [0.29, 0.717) is 0 Å².